The summed E-state index contributed by atoms with van der Waals surface area (Å²) in [5.41, 5.74) is 0. The van der Waals surface area contributed by atoms with Crippen molar-refractivity contribution in [1.82, 2.24) is 0 Å². The van der Waals surface area contributed by atoms with Gasteiger partial charge in [-0.05, 0) is 12.1 Å². The van der Waals surface area contributed by atoms with Crippen LogP contribution in [0.2, 0.25) is 5.02 Å². The number of methoxy groups -OCH3 is 2. The highest BCUT2D eigenvalue weighted by Gasteiger charge is 2.11. The fourth-order valence-corrected chi connectivity index (χ4v) is 1.10. The second-order valence-electron chi connectivity index (χ2n) is 2.10. The Morgan fingerprint density at radius 3 is 2.42 bits per heavy atom. The molecule has 1 aromatic carbocycles. The van der Waals surface area contributed by atoms with Crippen LogP contribution in [0.4, 0.5) is 4.39 Å². The molecule has 0 amide bonds. The van der Waals surface area contributed by atoms with Crippen molar-refractivity contribution in [2.75, 3.05) is 14.2 Å². The van der Waals surface area contributed by atoms with E-state index >= 15 is 0 Å². The number of ether oxygens (including phenoxy) is 2. The molecule has 0 aliphatic carbocycles. The SMILES string of the molecule is COc1ccc(F)c(Cl)c1OC. The Morgan fingerprint density at radius 2 is 1.92 bits per heavy atom. The third-order valence-corrected chi connectivity index (χ3v) is 1.79. The lowest BCUT2D eigenvalue weighted by Gasteiger charge is -2.08. The first-order valence-electron chi connectivity index (χ1n) is 3.26. The zero-order valence-electron chi connectivity index (χ0n) is 6.73. The minimum atomic E-state index is -0.519. The second kappa shape index (κ2) is 3.63. The minimum absolute atomic E-state index is 0.0585. The summed E-state index contributed by atoms with van der Waals surface area (Å²) < 4.78 is 22.6. The van der Waals surface area contributed by atoms with E-state index in [-0.39, 0.29) is 10.8 Å². The first-order chi connectivity index (χ1) is 5.70. The average Bonchev–Trinajstić information content (AvgIpc) is 2.09. The molecule has 4 heteroatoms. The van der Waals surface area contributed by atoms with Gasteiger partial charge in [-0.2, -0.15) is 0 Å². The molecule has 0 unspecified atom stereocenters. The molecule has 0 spiro atoms. The maximum absolute atomic E-state index is 12.8. The van der Waals surface area contributed by atoms with Crippen LogP contribution in [0.1, 0.15) is 0 Å². The molecule has 1 rings (SSSR count). The molecule has 0 heterocycles. The monoisotopic (exact) mass is 190 g/mol. The van der Waals surface area contributed by atoms with E-state index in [1.807, 2.05) is 0 Å². The van der Waals surface area contributed by atoms with Crippen LogP contribution >= 0.6 is 11.6 Å². The molecule has 66 valence electrons. The molecule has 12 heavy (non-hydrogen) atoms. The topological polar surface area (TPSA) is 18.5 Å². The Kier molecular flexibility index (Phi) is 2.76. The van der Waals surface area contributed by atoms with Gasteiger partial charge in [0, 0.05) is 0 Å². The van der Waals surface area contributed by atoms with Crippen LogP contribution in [0.25, 0.3) is 0 Å². The lowest BCUT2D eigenvalue weighted by atomic mass is 10.3. The van der Waals surface area contributed by atoms with Gasteiger partial charge in [0.15, 0.2) is 11.5 Å². The molecule has 1 aromatic rings. The summed E-state index contributed by atoms with van der Waals surface area (Å²) in [5, 5.41) is -0.0585. The summed E-state index contributed by atoms with van der Waals surface area (Å²) >= 11 is 5.60. The summed E-state index contributed by atoms with van der Waals surface area (Å²) in [6.45, 7) is 0. The molecule has 0 aromatic heterocycles. The van der Waals surface area contributed by atoms with Crippen molar-refractivity contribution < 1.29 is 13.9 Å². The minimum Gasteiger partial charge on any atom is -0.493 e. The first-order valence-corrected chi connectivity index (χ1v) is 3.64. The molecule has 0 aliphatic heterocycles. The molecule has 0 saturated carbocycles. The smallest absolute Gasteiger partial charge is 0.182 e. The van der Waals surface area contributed by atoms with Gasteiger partial charge >= 0.3 is 0 Å². The molecular weight excluding hydrogens is 183 g/mol. The first kappa shape index (κ1) is 9.13. The van der Waals surface area contributed by atoms with Crippen LogP contribution in [-0.4, -0.2) is 14.2 Å². The second-order valence-corrected chi connectivity index (χ2v) is 2.47. The Hall–Kier alpha value is -0.960. The average molecular weight is 191 g/mol. The van der Waals surface area contributed by atoms with Gasteiger partial charge in [0.25, 0.3) is 0 Å². The molecule has 0 saturated heterocycles. The zero-order valence-corrected chi connectivity index (χ0v) is 7.48. The predicted molar refractivity (Wildman–Crippen MR) is 44.5 cm³/mol. The van der Waals surface area contributed by atoms with Crippen molar-refractivity contribution >= 4 is 11.6 Å². The van der Waals surface area contributed by atoms with Gasteiger partial charge in [-0.15, -0.1) is 0 Å². The third kappa shape index (κ3) is 1.46. The molecule has 2 nitrogen and oxygen atoms in total. The standard InChI is InChI=1S/C8H8ClFO2/c1-11-6-4-3-5(10)7(9)8(6)12-2/h3-4H,1-2H3. The molecule has 0 aliphatic rings. The largest absolute Gasteiger partial charge is 0.493 e. The number of rotatable bonds is 2. The summed E-state index contributed by atoms with van der Waals surface area (Å²) in [5.74, 6) is 0.123. The summed E-state index contributed by atoms with van der Waals surface area (Å²) in [6.07, 6.45) is 0. The van der Waals surface area contributed by atoms with Gasteiger partial charge in [-0.1, -0.05) is 11.6 Å². The maximum Gasteiger partial charge on any atom is 0.182 e. The third-order valence-electron chi connectivity index (χ3n) is 1.44. The lowest BCUT2D eigenvalue weighted by Crippen LogP contribution is -1.92. The molecule has 0 radical (unpaired) electrons. The Bertz CT molecular complexity index is 289. The van der Waals surface area contributed by atoms with E-state index in [9.17, 15) is 4.39 Å². The van der Waals surface area contributed by atoms with E-state index in [4.69, 9.17) is 21.1 Å². The van der Waals surface area contributed by atoms with Crippen LogP contribution in [0.3, 0.4) is 0 Å². The molecule has 0 fully saturated rings. The van der Waals surface area contributed by atoms with Gasteiger partial charge in [-0.3, -0.25) is 0 Å². The quantitative estimate of drug-likeness (QED) is 0.714. The number of benzene rings is 1. The number of halogens is 2. The van der Waals surface area contributed by atoms with Crippen LogP contribution in [0, 0.1) is 5.82 Å². The van der Waals surface area contributed by atoms with E-state index < -0.39 is 5.82 Å². The maximum atomic E-state index is 12.8. The predicted octanol–water partition coefficient (Wildman–Crippen LogP) is 2.50. The Morgan fingerprint density at radius 1 is 1.25 bits per heavy atom. The van der Waals surface area contributed by atoms with Crippen molar-refractivity contribution in [1.29, 1.82) is 0 Å². The van der Waals surface area contributed by atoms with Crippen LogP contribution in [0.15, 0.2) is 12.1 Å². The van der Waals surface area contributed by atoms with Gasteiger partial charge < -0.3 is 9.47 Å². The summed E-state index contributed by atoms with van der Waals surface area (Å²) in [7, 11) is 2.87. The Labute approximate surface area is 74.9 Å². The summed E-state index contributed by atoms with van der Waals surface area (Å²) in [4.78, 5) is 0. The van der Waals surface area contributed by atoms with Crippen molar-refractivity contribution in [3.8, 4) is 11.5 Å². The van der Waals surface area contributed by atoms with E-state index in [1.165, 1.54) is 26.4 Å². The molecule has 0 bridgehead atoms. The highest BCUT2D eigenvalue weighted by Crippen LogP contribution is 2.36. The number of hydrogen-bond acceptors (Lipinski definition) is 2. The van der Waals surface area contributed by atoms with Crippen molar-refractivity contribution in [3.05, 3.63) is 23.0 Å². The molecular formula is C8H8ClFO2. The van der Waals surface area contributed by atoms with Crippen LogP contribution < -0.4 is 9.47 Å². The van der Waals surface area contributed by atoms with E-state index in [0.29, 0.717) is 5.75 Å². The normalized spacial score (nSPS) is 9.67. The Balaban J connectivity index is 3.25. The zero-order chi connectivity index (χ0) is 9.14. The molecule has 0 atom stereocenters. The van der Waals surface area contributed by atoms with Gasteiger partial charge in [0.05, 0.1) is 14.2 Å². The highest BCUT2D eigenvalue weighted by atomic mass is 35.5. The van der Waals surface area contributed by atoms with E-state index in [2.05, 4.69) is 0 Å². The highest BCUT2D eigenvalue weighted by molar-refractivity contribution is 6.32. The van der Waals surface area contributed by atoms with E-state index in [0.717, 1.165) is 0 Å². The van der Waals surface area contributed by atoms with Crippen LogP contribution in [-0.2, 0) is 0 Å². The van der Waals surface area contributed by atoms with Crippen molar-refractivity contribution in [2.24, 2.45) is 0 Å². The van der Waals surface area contributed by atoms with Gasteiger partial charge in [-0.25, -0.2) is 4.39 Å². The summed E-state index contributed by atoms with van der Waals surface area (Å²) in [6, 6.07) is 2.68. The van der Waals surface area contributed by atoms with Crippen molar-refractivity contribution in [2.45, 2.75) is 0 Å². The van der Waals surface area contributed by atoms with Crippen molar-refractivity contribution in [3.63, 3.8) is 0 Å². The van der Waals surface area contributed by atoms with Crippen LogP contribution in [0.5, 0.6) is 11.5 Å². The van der Waals surface area contributed by atoms with Gasteiger partial charge in [0.1, 0.15) is 10.8 Å². The molecule has 0 N–H and O–H groups in total. The lowest BCUT2D eigenvalue weighted by molar-refractivity contribution is 0.352. The fourth-order valence-electron chi connectivity index (χ4n) is 0.865. The number of hydrogen-bond donors (Lipinski definition) is 0. The fraction of sp³-hybridized carbons (Fsp3) is 0.250. The van der Waals surface area contributed by atoms with E-state index in [1.54, 1.807) is 0 Å². The van der Waals surface area contributed by atoms with Gasteiger partial charge in [0.2, 0.25) is 0 Å².